The molecule has 0 saturated carbocycles. The molecule has 2 rings (SSSR count). The number of aromatic nitrogens is 2. The Kier molecular flexibility index (Phi) is 13.1. The van der Waals surface area contributed by atoms with Crippen LogP contribution in [0.2, 0.25) is 0 Å². The standard InChI is InChI=1S/C28H44N2/c1-3-5-7-9-11-12-14-15-17-25-19-21-27(22-20-25)28-29-23-26(24-30-28)18-16-13-10-8-6-4-2/h19-24H,3-18H2,1-2H3. The van der Waals surface area contributed by atoms with Gasteiger partial charge in [0.1, 0.15) is 0 Å². The maximum absolute atomic E-state index is 4.61. The molecule has 166 valence electrons. The largest absolute Gasteiger partial charge is 0.236 e. The van der Waals surface area contributed by atoms with Crippen LogP contribution in [0.5, 0.6) is 0 Å². The molecular weight excluding hydrogens is 364 g/mol. The van der Waals surface area contributed by atoms with Crippen molar-refractivity contribution in [2.24, 2.45) is 0 Å². The first-order valence-electron chi connectivity index (χ1n) is 12.7. The molecule has 1 aromatic heterocycles. The van der Waals surface area contributed by atoms with E-state index in [0.29, 0.717) is 0 Å². The molecule has 2 aromatic rings. The van der Waals surface area contributed by atoms with Gasteiger partial charge in [-0.05, 0) is 36.8 Å². The predicted molar refractivity (Wildman–Crippen MR) is 131 cm³/mol. The van der Waals surface area contributed by atoms with Gasteiger partial charge in [-0.3, -0.25) is 0 Å². The molecule has 0 unspecified atom stereocenters. The number of nitrogens with zero attached hydrogens (tertiary/aromatic N) is 2. The Morgan fingerprint density at radius 1 is 0.500 bits per heavy atom. The molecule has 0 atom stereocenters. The fourth-order valence-corrected chi connectivity index (χ4v) is 4.03. The Labute approximate surface area is 185 Å². The van der Waals surface area contributed by atoms with E-state index < -0.39 is 0 Å². The van der Waals surface area contributed by atoms with Gasteiger partial charge in [-0.1, -0.05) is 115 Å². The molecular formula is C28H44N2. The molecule has 0 aliphatic rings. The minimum Gasteiger partial charge on any atom is -0.236 e. The van der Waals surface area contributed by atoms with E-state index in [1.165, 1.54) is 107 Å². The fraction of sp³-hybridized carbons (Fsp3) is 0.643. The summed E-state index contributed by atoms with van der Waals surface area (Å²) in [5.74, 6) is 0.848. The summed E-state index contributed by atoms with van der Waals surface area (Å²) in [5, 5.41) is 0. The van der Waals surface area contributed by atoms with E-state index >= 15 is 0 Å². The van der Waals surface area contributed by atoms with E-state index in [1.807, 2.05) is 12.4 Å². The van der Waals surface area contributed by atoms with Gasteiger partial charge in [-0.25, -0.2) is 9.97 Å². The second-order valence-corrected chi connectivity index (χ2v) is 8.85. The second-order valence-electron chi connectivity index (χ2n) is 8.85. The number of hydrogen-bond donors (Lipinski definition) is 0. The number of hydrogen-bond acceptors (Lipinski definition) is 2. The van der Waals surface area contributed by atoms with Gasteiger partial charge < -0.3 is 0 Å². The Bertz CT molecular complexity index is 645. The van der Waals surface area contributed by atoms with Gasteiger partial charge in [-0.2, -0.15) is 0 Å². The number of benzene rings is 1. The van der Waals surface area contributed by atoms with Crippen molar-refractivity contribution in [2.45, 2.75) is 117 Å². The van der Waals surface area contributed by atoms with Crippen LogP contribution in [0.1, 0.15) is 115 Å². The van der Waals surface area contributed by atoms with Crippen LogP contribution >= 0.6 is 0 Å². The Balaban J connectivity index is 1.65. The van der Waals surface area contributed by atoms with E-state index in [1.54, 1.807) is 0 Å². The zero-order chi connectivity index (χ0) is 21.3. The lowest BCUT2D eigenvalue weighted by atomic mass is 10.0. The van der Waals surface area contributed by atoms with Crippen molar-refractivity contribution < 1.29 is 0 Å². The minimum absolute atomic E-state index is 0.848. The van der Waals surface area contributed by atoms with E-state index in [4.69, 9.17) is 0 Å². The van der Waals surface area contributed by atoms with Gasteiger partial charge in [0.25, 0.3) is 0 Å². The summed E-state index contributed by atoms with van der Waals surface area (Å²) in [6, 6.07) is 8.87. The second kappa shape index (κ2) is 16.1. The van der Waals surface area contributed by atoms with Crippen LogP contribution < -0.4 is 0 Å². The summed E-state index contributed by atoms with van der Waals surface area (Å²) in [6.45, 7) is 4.55. The first kappa shape index (κ1) is 24.6. The van der Waals surface area contributed by atoms with E-state index in [0.717, 1.165) is 17.8 Å². The van der Waals surface area contributed by atoms with Crippen LogP contribution in [-0.2, 0) is 12.8 Å². The Morgan fingerprint density at radius 3 is 1.43 bits per heavy atom. The van der Waals surface area contributed by atoms with Crippen LogP contribution in [-0.4, -0.2) is 9.97 Å². The van der Waals surface area contributed by atoms with Gasteiger partial charge in [-0.15, -0.1) is 0 Å². The van der Waals surface area contributed by atoms with Crippen molar-refractivity contribution in [3.05, 3.63) is 47.8 Å². The van der Waals surface area contributed by atoms with Crippen LogP contribution in [0.25, 0.3) is 11.4 Å². The minimum atomic E-state index is 0.848. The van der Waals surface area contributed by atoms with Gasteiger partial charge in [0.15, 0.2) is 5.82 Å². The summed E-state index contributed by atoms with van der Waals surface area (Å²) in [4.78, 5) is 9.23. The highest BCUT2D eigenvalue weighted by Gasteiger charge is 2.03. The molecule has 0 aliphatic heterocycles. The number of aryl methyl sites for hydroxylation is 2. The summed E-state index contributed by atoms with van der Waals surface area (Å²) in [6.07, 6.45) is 25.3. The highest BCUT2D eigenvalue weighted by Crippen LogP contribution is 2.18. The van der Waals surface area contributed by atoms with Crippen LogP contribution in [0.15, 0.2) is 36.7 Å². The predicted octanol–water partition coefficient (Wildman–Crippen LogP) is 8.73. The summed E-state index contributed by atoms with van der Waals surface area (Å²) in [7, 11) is 0. The molecule has 0 amide bonds. The Hall–Kier alpha value is -1.70. The number of unbranched alkanes of at least 4 members (excludes halogenated alkanes) is 12. The smallest absolute Gasteiger partial charge is 0.159 e. The lowest BCUT2D eigenvalue weighted by Crippen LogP contribution is -1.94. The summed E-state index contributed by atoms with van der Waals surface area (Å²) >= 11 is 0. The first-order valence-corrected chi connectivity index (χ1v) is 12.7. The lowest BCUT2D eigenvalue weighted by molar-refractivity contribution is 0.575. The number of rotatable bonds is 17. The maximum atomic E-state index is 4.61. The third kappa shape index (κ3) is 10.4. The maximum Gasteiger partial charge on any atom is 0.159 e. The third-order valence-corrected chi connectivity index (χ3v) is 6.06. The van der Waals surface area contributed by atoms with Crippen molar-refractivity contribution in [3.8, 4) is 11.4 Å². The molecule has 2 heteroatoms. The molecule has 0 spiro atoms. The molecule has 0 N–H and O–H groups in total. The van der Waals surface area contributed by atoms with E-state index in [9.17, 15) is 0 Å². The van der Waals surface area contributed by atoms with Gasteiger partial charge in [0.2, 0.25) is 0 Å². The van der Waals surface area contributed by atoms with E-state index in [-0.39, 0.29) is 0 Å². The van der Waals surface area contributed by atoms with Crippen molar-refractivity contribution >= 4 is 0 Å². The van der Waals surface area contributed by atoms with Crippen LogP contribution in [0.3, 0.4) is 0 Å². The third-order valence-electron chi connectivity index (χ3n) is 6.06. The average Bonchev–Trinajstić information content (AvgIpc) is 2.79. The molecule has 0 aliphatic carbocycles. The van der Waals surface area contributed by atoms with Crippen molar-refractivity contribution in [1.29, 1.82) is 0 Å². The molecule has 30 heavy (non-hydrogen) atoms. The highest BCUT2D eigenvalue weighted by atomic mass is 14.9. The lowest BCUT2D eigenvalue weighted by Gasteiger charge is -2.06. The first-order chi connectivity index (χ1) is 14.8. The monoisotopic (exact) mass is 408 g/mol. The Morgan fingerprint density at radius 2 is 0.933 bits per heavy atom. The molecule has 1 aromatic carbocycles. The van der Waals surface area contributed by atoms with Crippen molar-refractivity contribution in [2.75, 3.05) is 0 Å². The SMILES string of the molecule is CCCCCCCCCCc1ccc(-c2ncc(CCCCCCCC)cn2)cc1. The van der Waals surface area contributed by atoms with Gasteiger partial charge in [0.05, 0.1) is 0 Å². The zero-order valence-corrected chi connectivity index (χ0v) is 19.7. The van der Waals surface area contributed by atoms with Crippen LogP contribution in [0.4, 0.5) is 0 Å². The molecule has 0 bridgehead atoms. The molecule has 0 saturated heterocycles. The van der Waals surface area contributed by atoms with Crippen molar-refractivity contribution in [1.82, 2.24) is 9.97 Å². The van der Waals surface area contributed by atoms with Gasteiger partial charge in [0, 0.05) is 18.0 Å². The van der Waals surface area contributed by atoms with Crippen LogP contribution in [0, 0.1) is 0 Å². The fourth-order valence-electron chi connectivity index (χ4n) is 4.03. The zero-order valence-electron chi connectivity index (χ0n) is 19.7. The average molecular weight is 409 g/mol. The normalized spacial score (nSPS) is 11.1. The molecule has 1 heterocycles. The highest BCUT2D eigenvalue weighted by molar-refractivity contribution is 5.55. The molecule has 2 nitrogen and oxygen atoms in total. The summed E-state index contributed by atoms with van der Waals surface area (Å²) < 4.78 is 0. The van der Waals surface area contributed by atoms with Gasteiger partial charge >= 0.3 is 0 Å². The summed E-state index contributed by atoms with van der Waals surface area (Å²) in [5.41, 5.74) is 3.82. The quantitative estimate of drug-likeness (QED) is 0.244. The topological polar surface area (TPSA) is 25.8 Å². The molecule has 0 radical (unpaired) electrons. The molecule has 0 fully saturated rings. The van der Waals surface area contributed by atoms with E-state index in [2.05, 4.69) is 48.1 Å². The van der Waals surface area contributed by atoms with Crippen molar-refractivity contribution in [3.63, 3.8) is 0 Å².